The average Bonchev–Trinajstić information content (AvgIpc) is 3.16. The molecule has 0 bridgehead atoms. The molecule has 8 heteroatoms. The van der Waals surface area contributed by atoms with Crippen molar-refractivity contribution in [1.82, 2.24) is 10.6 Å². The first-order valence-corrected chi connectivity index (χ1v) is 9.41. The fourth-order valence-electron chi connectivity index (χ4n) is 2.20. The predicted octanol–water partition coefficient (Wildman–Crippen LogP) is 2.33. The quantitative estimate of drug-likeness (QED) is 0.603. The first kappa shape index (κ1) is 22.1. The van der Waals surface area contributed by atoms with Gasteiger partial charge in [-0.25, -0.2) is 0 Å². The molecule has 1 aromatic heterocycles. The van der Waals surface area contributed by atoms with E-state index < -0.39 is 6.04 Å². The van der Waals surface area contributed by atoms with Gasteiger partial charge in [0, 0.05) is 12.1 Å². The minimum absolute atomic E-state index is 0. The van der Waals surface area contributed by atoms with Crippen molar-refractivity contribution < 1.29 is 14.0 Å². The summed E-state index contributed by atoms with van der Waals surface area (Å²) in [6.07, 6.45) is 4.18. The number of carbonyl (C=O) groups is 2. The van der Waals surface area contributed by atoms with E-state index in [1.165, 1.54) is 0 Å². The number of nitrogens with one attached hydrogen (secondary N) is 2. The van der Waals surface area contributed by atoms with Crippen molar-refractivity contribution in [3.8, 4) is 0 Å². The van der Waals surface area contributed by atoms with Gasteiger partial charge in [0.1, 0.15) is 5.76 Å². The zero-order valence-corrected chi connectivity index (χ0v) is 16.2. The monoisotopic (exact) mass is 397 g/mol. The molecule has 0 spiro atoms. The van der Waals surface area contributed by atoms with Crippen LogP contribution in [0.3, 0.4) is 0 Å². The molecular weight excluding hydrogens is 374 g/mol. The molecule has 4 N–H and O–H groups in total. The third kappa shape index (κ3) is 7.11. The maximum Gasteiger partial charge on any atom is 0.251 e. The van der Waals surface area contributed by atoms with Crippen LogP contribution in [0.1, 0.15) is 28.1 Å². The van der Waals surface area contributed by atoms with Crippen LogP contribution in [0, 0.1) is 0 Å². The smallest absolute Gasteiger partial charge is 0.251 e. The van der Waals surface area contributed by atoms with Gasteiger partial charge >= 0.3 is 0 Å². The standard InChI is InChI=1S/C18H23N3O3S.ClH/c1-25-9-7-16(19)18(23)20-11-13-4-2-5-14(10-13)17(22)21-12-15-6-3-8-24-15;/h2-6,8,10,16H,7,9,11-12,19H2,1H3,(H,20,23)(H,21,22);1H. The van der Waals surface area contributed by atoms with E-state index in [2.05, 4.69) is 10.6 Å². The lowest BCUT2D eigenvalue weighted by molar-refractivity contribution is -0.122. The van der Waals surface area contributed by atoms with E-state index >= 15 is 0 Å². The second kappa shape index (κ2) is 11.6. The summed E-state index contributed by atoms with van der Waals surface area (Å²) >= 11 is 1.66. The zero-order chi connectivity index (χ0) is 18.1. The van der Waals surface area contributed by atoms with E-state index in [4.69, 9.17) is 10.2 Å². The number of carbonyl (C=O) groups excluding carboxylic acids is 2. The molecule has 142 valence electrons. The Hall–Kier alpha value is -1.96. The molecule has 2 amide bonds. The summed E-state index contributed by atoms with van der Waals surface area (Å²) in [6, 6.07) is 10.2. The average molecular weight is 398 g/mol. The van der Waals surface area contributed by atoms with Crippen molar-refractivity contribution in [3.63, 3.8) is 0 Å². The third-order valence-corrected chi connectivity index (χ3v) is 4.27. The van der Waals surface area contributed by atoms with Crippen LogP contribution in [0.15, 0.2) is 47.1 Å². The molecule has 1 atom stereocenters. The Bertz CT molecular complexity index is 695. The Morgan fingerprint density at radius 1 is 1.19 bits per heavy atom. The van der Waals surface area contributed by atoms with E-state index in [-0.39, 0.29) is 24.2 Å². The Morgan fingerprint density at radius 3 is 2.69 bits per heavy atom. The number of halogens is 1. The molecule has 1 aromatic carbocycles. The van der Waals surface area contributed by atoms with E-state index in [0.29, 0.717) is 30.8 Å². The molecule has 0 fully saturated rings. The van der Waals surface area contributed by atoms with Crippen molar-refractivity contribution in [3.05, 3.63) is 59.5 Å². The van der Waals surface area contributed by atoms with Gasteiger partial charge in [0.15, 0.2) is 0 Å². The lowest BCUT2D eigenvalue weighted by atomic mass is 10.1. The van der Waals surface area contributed by atoms with Crippen LogP contribution in [-0.4, -0.2) is 29.9 Å². The molecule has 0 aliphatic rings. The Morgan fingerprint density at radius 2 is 2.00 bits per heavy atom. The van der Waals surface area contributed by atoms with Crippen LogP contribution in [0.4, 0.5) is 0 Å². The van der Waals surface area contributed by atoms with E-state index in [1.807, 2.05) is 12.3 Å². The predicted molar refractivity (Wildman–Crippen MR) is 106 cm³/mol. The van der Waals surface area contributed by atoms with Gasteiger partial charge in [-0.2, -0.15) is 11.8 Å². The van der Waals surface area contributed by atoms with Crippen LogP contribution in [0.2, 0.25) is 0 Å². The Balaban J connectivity index is 0.00000338. The van der Waals surface area contributed by atoms with Crippen LogP contribution in [0.5, 0.6) is 0 Å². The van der Waals surface area contributed by atoms with Crippen molar-refractivity contribution in [2.45, 2.75) is 25.6 Å². The third-order valence-electron chi connectivity index (χ3n) is 3.63. The lowest BCUT2D eigenvalue weighted by Crippen LogP contribution is -2.40. The largest absolute Gasteiger partial charge is 0.467 e. The zero-order valence-electron chi connectivity index (χ0n) is 14.6. The summed E-state index contributed by atoms with van der Waals surface area (Å²) in [4.78, 5) is 24.1. The van der Waals surface area contributed by atoms with Crippen molar-refractivity contribution in [1.29, 1.82) is 0 Å². The highest BCUT2D eigenvalue weighted by atomic mass is 35.5. The highest BCUT2D eigenvalue weighted by molar-refractivity contribution is 7.98. The number of benzene rings is 1. The SMILES string of the molecule is CSCCC(N)C(=O)NCc1cccc(C(=O)NCc2ccco2)c1.Cl. The summed E-state index contributed by atoms with van der Waals surface area (Å²) in [5.74, 6) is 1.17. The molecule has 0 saturated heterocycles. The highest BCUT2D eigenvalue weighted by Crippen LogP contribution is 2.07. The molecule has 0 aliphatic carbocycles. The van der Waals surface area contributed by atoms with Crippen molar-refractivity contribution >= 4 is 36.0 Å². The molecule has 1 unspecified atom stereocenters. The minimum Gasteiger partial charge on any atom is -0.467 e. The normalized spacial score (nSPS) is 11.3. The van der Waals surface area contributed by atoms with Gasteiger partial charge in [0.2, 0.25) is 5.91 Å². The van der Waals surface area contributed by atoms with Gasteiger partial charge in [0.25, 0.3) is 5.91 Å². The second-order valence-electron chi connectivity index (χ2n) is 5.57. The first-order valence-electron chi connectivity index (χ1n) is 8.02. The molecular formula is C18H24ClN3O3S. The number of furan rings is 1. The molecule has 0 saturated carbocycles. The summed E-state index contributed by atoms with van der Waals surface area (Å²) in [5.41, 5.74) is 7.21. The molecule has 1 heterocycles. The number of rotatable bonds is 9. The molecule has 2 rings (SSSR count). The summed E-state index contributed by atoms with van der Waals surface area (Å²) < 4.78 is 5.18. The van der Waals surface area contributed by atoms with Gasteiger partial charge in [-0.15, -0.1) is 12.4 Å². The molecule has 26 heavy (non-hydrogen) atoms. The molecule has 6 nitrogen and oxygen atoms in total. The number of hydrogen-bond acceptors (Lipinski definition) is 5. The van der Waals surface area contributed by atoms with Crippen LogP contribution in [-0.2, 0) is 17.9 Å². The van der Waals surface area contributed by atoms with Gasteiger partial charge < -0.3 is 20.8 Å². The maximum absolute atomic E-state index is 12.2. The fraction of sp³-hybridized carbons (Fsp3) is 0.333. The second-order valence-corrected chi connectivity index (χ2v) is 6.55. The number of nitrogens with two attached hydrogens (primary N) is 1. The summed E-state index contributed by atoms with van der Waals surface area (Å²) in [6.45, 7) is 0.669. The van der Waals surface area contributed by atoms with E-state index in [0.717, 1.165) is 11.3 Å². The number of thioether (sulfide) groups is 1. The topological polar surface area (TPSA) is 97.4 Å². The summed E-state index contributed by atoms with van der Waals surface area (Å²) in [5, 5.41) is 5.60. The van der Waals surface area contributed by atoms with Crippen LogP contribution < -0.4 is 16.4 Å². The van der Waals surface area contributed by atoms with Gasteiger partial charge in [-0.05, 0) is 48.3 Å². The molecule has 0 aliphatic heterocycles. The Kier molecular flexibility index (Phi) is 9.87. The number of hydrogen-bond donors (Lipinski definition) is 3. The number of amides is 2. The van der Waals surface area contributed by atoms with Gasteiger partial charge in [-0.3, -0.25) is 9.59 Å². The van der Waals surface area contributed by atoms with Crippen molar-refractivity contribution in [2.75, 3.05) is 12.0 Å². The van der Waals surface area contributed by atoms with Gasteiger partial charge in [-0.1, -0.05) is 12.1 Å². The highest BCUT2D eigenvalue weighted by Gasteiger charge is 2.13. The Labute approximate surface area is 163 Å². The van der Waals surface area contributed by atoms with E-state index in [9.17, 15) is 9.59 Å². The van der Waals surface area contributed by atoms with Crippen LogP contribution in [0.25, 0.3) is 0 Å². The maximum atomic E-state index is 12.2. The van der Waals surface area contributed by atoms with Crippen molar-refractivity contribution in [2.24, 2.45) is 5.73 Å². The molecule has 2 aromatic rings. The summed E-state index contributed by atoms with van der Waals surface area (Å²) in [7, 11) is 0. The van der Waals surface area contributed by atoms with E-state index in [1.54, 1.807) is 48.4 Å². The first-order chi connectivity index (χ1) is 12.1. The molecule has 0 radical (unpaired) electrons. The van der Waals surface area contributed by atoms with Crippen LogP contribution >= 0.6 is 24.2 Å². The van der Waals surface area contributed by atoms with Gasteiger partial charge in [0.05, 0.1) is 18.8 Å². The lowest BCUT2D eigenvalue weighted by Gasteiger charge is -2.12. The minimum atomic E-state index is -0.507. The fourth-order valence-corrected chi connectivity index (χ4v) is 2.69.